The monoisotopic (exact) mass is 369 g/mol. The van der Waals surface area contributed by atoms with E-state index < -0.39 is 17.9 Å². The highest BCUT2D eigenvalue weighted by molar-refractivity contribution is 6.32. The highest BCUT2D eigenvalue weighted by atomic mass is 35.5. The molecule has 3 aromatic rings. The van der Waals surface area contributed by atoms with Crippen molar-refractivity contribution in [3.63, 3.8) is 0 Å². The fourth-order valence-corrected chi connectivity index (χ4v) is 2.48. The number of H-pyrrole nitrogens is 1. The Morgan fingerprint density at radius 2 is 1.92 bits per heavy atom. The van der Waals surface area contributed by atoms with Gasteiger partial charge >= 0.3 is 6.18 Å². The van der Waals surface area contributed by atoms with Gasteiger partial charge in [0.25, 0.3) is 5.91 Å². The van der Waals surface area contributed by atoms with E-state index in [4.69, 9.17) is 16.3 Å². The Morgan fingerprint density at radius 3 is 2.52 bits per heavy atom. The summed E-state index contributed by atoms with van der Waals surface area (Å²) < 4.78 is 43.5. The molecule has 2 N–H and O–H groups in total. The average molecular weight is 370 g/mol. The van der Waals surface area contributed by atoms with Crippen LogP contribution in [0.3, 0.4) is 0 Å². The molecule has 1 amide bonds. The molecule has 0 spiro atoms. The molecule has 0 saturated heterocycles. The van der Waals surface area contributed by atoms with Gasteiger partial charge in [-0.05, 0) is 36.4 Å². The van der Waals surface area contributed by atoms with Crippen LogP contribution >= 0.6 is 11.6 Å². The first-order valence-electron chi connectivity index (χ1n) is 7.00. The molecule has 1 aromatic heterocycles. The van der Waals surface area contributed by atoms with E-state index in [-0.39, 0.29) is 21.6 Å². The van der Waals surface area contributed by atoms with Crippen molar-refractivity contribution in [3.05, 3.63) is 52.8 Å². The molecule has 0 unspecified atom stereocenters. The molecule has 0 aliphatic heterocycles. The van der Waals surface area contributed by atoms with Crippen LogP contribution in [0.5, 0.6) is 5.75 Å². The Balaban J connectivity index is 1.98. The lowest BCUT2D eigenvalue weighted by Gasteiger charge is -2.07. The lowest BCUT2D eigenvalue weighted by molar-refractivity contribution is -0.144. The van der Waals surface area contributed by atoms with Crippen molar-refractivity contribution < 1.29 is 22.7 Å². The summed E-state index contributed by atoms with van der Waals surface area (Å²) in [6.45, 7) is 0. The number of carbonyl (C=O) groups excluding carboxylic acids is 1. The van der Waals surface area contributed by atoms with Crippen LogP contribution in [-0.2, 0) is 6.18 Å². The maximum atomic E-state index is 12.8. The van der Waals surface area contributed by atoms with Gasteiger partial charge in [-0.25, -0.2) is 4.98 Å². The number of aromatic nitrogens is 2. The average Bonchev–Trinajstić information content (AvgIpc) is 2.98. The van der Waals surface area contributed by atoms with Crippen LogP contribution < -0.4 is 10.1 Å². The summed E-state index contributed by atoms with van der Waals surface area (Å²) in [6, 6.07) is 9.03. The zero-order chi connectivity index (χ0) is 18.2. The first kappa shape index (κ1) is 17.1. The van der Waals surface area contributed by atoms with Gasteiger partial charge in [0.1, 0.15) is 11.3 Å². The Kier molecular flexibility index (Phi) is 4.30. The van der Waals surface area contributed by atoms with Gasteiger partial charge in [0, 0.05) is 10.7 Å². The minimum atomic E-state index is -4.66. The molecular formula is C16H11ClF3N3O2. The Bertz CT molecular complexity index is 936. The third-order valence-electron chi connectivity index (χ3n) is 3.41. The van der Waals surface area contributed by atoms with Gasteiger partial charge in [0.15, 0.2) is 0 Å². The summed E-state index contributed by atoms with van der Waals surface area (Å²) in [7, 11) is 1.51. The lowest BCUT2D eigenvalue weighted by atomic mass is 10.1. The number of nitrogens with one attached hydrogen (secondary N) is 2. The number of rotatable bonds is 3. The molecule has 1 heterocycles. The normalized spacial score (nSPS) is 11.6. The number of nitrogens with zero attached hydrogens (tertiary/aromatic N) is 1. The lowest BCUT2D eigenvalue weighted by Crippen LogP contribution is -2.12. The van der Waals surface area contributed by atoms with E-state index in [9.17, 15) is 18.0 Å². The number of halogens is 4. The molecule has 2 aromatic carbocycles. The summed E-state index contributed by atoms with van der Waals surface area (Å²) in [5, 5.41) is 2.70. The molecule has 130 valence electrons. The van der Waals surface area contributed by atoms with Crippen molar-refractivity contribution in [2.45, 2.75) is 6.18 Å². The van der Waals surface area contributed by atoms with Crippen LogP contribution in [0.2, 0.25) is 5.02 Å². The molecule has 0 bridgehead atoms. The second kappa shape index (κ2) is 6.29. The number of carbonyl (C=O) groups is 1. The molecular weight excluding hydrogens is 359 g/mol. The van der Waals surface area contributed by atoms with Gasteiger partial charge < -0.3 is 15.0 Å². The quantitative estimate of drug-likeness (QED) is 0.714. The predicted octanol–water partition coefficient (Wildman–Crippen LogP) is 4.50. The van der Waals surface area contributed by atoms with Gasteiger partial charge in [0.05, 0.1) is 18.2 Å². The summed E-state index contributed by atoms with van der Waals surface area (Å²) in [5.74, 6) is -1.22. The summed E-state index contributed by atoms with van der Waals surface area (Å²) >= 11 is 5.91. The number of anilines is 1. The molecule has 25 heavy (non-hydrogen) atoms. The van der Waals surface area contributed by atoms with Gasteiger partial charge in [-0.3, -0.25) is 4.79 Å². The third kappa shape index (κ3) is 3.53. The standard InChI is InChI=1S/C16H11ClF3N3O2/c1-25-10-4-2-9(3-5-10)21-14(24)11-6-8(17)7-12-13(11)23-15(22-12)16(18,19)20/h2-7H,1H3,(H,21,24)(H,22,23). The van der Waals surface area contributed by atoms with E-state index >= 15 is 0 Å². The maximum absolute atomic E-state index is 12.8. The zero-order valence-corrected chi connectivity index (χ0v) is 13.5. The topological polar surface area (TPSA) is 67.0 Å². The Hall–Kier alpha value is -2.74. The summed E-state index contributed by atoms with van der Waals surface area (Å²) in [4.78, 5) is 18.1. The van der Waals surface area contributed by atoms with Gasteiger partial charge in [-0.2, -0.15) is 13.2 Å². The predicted molar refractivity (Wildman–Crippen MR) is 87.1 cm³/mol. The van der Waals surface area contributed by atoms with Crippen LogP contribution in [-0.4, -0.2) is 23.0 Å². The largest absolute Gasteiger partial charge is 0.497 e. The first-order valence-corrected chi connectivity index (χ1v) is 7.37. The molecule has 0 saturated carbocycles. The molecule has 3 rings (SSSR count). The molecule has 0 aliphatic rings. The highest BCUT2D eigenvalue weighted by Gasteiger charge is 2.35. The maximum Gasteiger partial charge on any atom is 0.449 e. The molecule has 0 atom stereocenters. The number of methoxy groups -OCH3 is 1. The number of fused-ring (bicyclic) bond motifs is 1. The fraction of sp³-hybridized carbons (Fsp3) is 0.125. The minimum absolute atomic E-state index is 0.0275. The number of aromatic amines is 1. The van der Waals surface area contributed by atoms with Crippen molar-refractivity contribution in [3.8, 4) is 5.75 Å². The van der Waals surface area contributed by atoms with Crippen LogP contribution in [0.1, 0.15) is 16.2 Å². The van der Waals surface area contributed by atoms with Crippen LogP contribution in [0.15, 0.2) is 36.4 Å². The van der Waals surface area contributed by atoms with Crippen molar-refractivity contribution >= 4 is 34.2 Å². The third-order valence-corrected chi connectivity index (χ3v) is 3.63. The number of imidazole rings is 1. The van der Waals surface area contributed by atoms with Gasteiger partial charge in [0.2, 0.25) is 5.82 Å². The number of ether oxygens (including phenoxy) is 1. The van der Waals surface area contributed by atoms with Crippen LogP contribution in [0, 0.1) is 0 Å². The van der Waals surface area contributed by atoms with Gasteiger partial charge in [-0.1, -0.05) is 11.6 Å². The van der Waals surface area contributed by atoms with E-state index in [1.807, 2.05) is 0 Å². The fourth-order valence-electron chi connectivity index (χ4n) is 2.26. The molecule has 5 nitrogen and oxygen atoms in total. The van der Waals surface area contributed by atoms with E-state index in [2.05, 4.69) is 15.3 Å². The zero-order valence-electron chi connectivity index (χ0n) is 12.7. The minimum Gasteiger partial charge on any atom is -0.497 e. The Labute approximate surface area is 144 Å². The van der Waals surface area contributed by atoms with E-state index in [1.165, 1.54) is 19.2 Å². The van der Waals surface area contributed by atoms with E-state index in [1.54, 1.807) is 24.3 Å². The van der Waals surface area contributed by atoms with Crippen molar-refractivity contribution in [2.75, 3.05) is 12.4 Å². The number of hydrogen-bond acceptors (Lipinski definition) is 3. The number of benzene rings is 2. The number of amides is 1. The van der Waals surface area contributed by atoms with Crippen LogP contribution in [0.25, 0.3) is 11.0 Å². The van der Waals surface area contributed by atoms with E-state index in [0.717, 1.165) is 0 Å². The Morgan fingerprint density at radius 1 is 1.24 bits per heavy atom. The van der Waals surface area contributed by atoms with E-state index in [0.29, 0.717) is 11.4 Å². The van der Waals surface area contributed by atoms with Crippen LogP contribution in [0.4, 0.5) is 18.9 Å². The highest BCUT2D eigenvalue weighted by Crippen LogP contribution is 2.31. The first-order chi connectivity index (χ1) is 11.8. The van der Waals surface area contributed by atoms with Crippen molar-refractivity contribution in [2.24, 2.45) is 0 Å². The second-order valence-corrected chi connectivity index (χ2v) is 5.55. The summed E-state index contributed by atoms with van der Waals surface area (Å²) in [6.07, 6.45) is -4.66. The van der Waals surface area contributed by atoms with Gasteiger partial charge in [-0.15, -0.1) is 0 Å². The number of alkyl halides is 3. The molecule has 0 aliphatic carbocycles. The SMILES string of the molecule is COc1ccc(NC(=O)c2cc(Cl)cc3[nH]c(C(F)(F)F)nc23)cc1. The molecule has 0 radical (unpaired) electrons. The molecule has 0 fully saturated rings. The smallest absolute Gasteiger partial charge is 0.449 e. The van der Waals surface area contributed by atoms with Crippen molar-refractivity contribution in [1.29, 1.82) is 0 Å². The second-order valence-electron chi connectivity index (χ2n) is 5.12. The van der Waals surface area contributed by atoms with Crippen molar-refractivity contribution in [1.82, 2.24) is 9.97 Å². The molecule has 9 heteroatoms. The number of hydrogen-bond donors (Lipinski definition) is 2. The summed E-state index contributed by atoms with van der Waals surface area (Å²) in [5.41, 5.74) is 0.304.